The molecule has 1 aliphatic rings. The summed E-state index contributed by atoms with van der Waals surface area (Å²) in [5, 5.41) is 29.7. The van der Waals surface area contributed by atoms with E-state index in [-0.39, 0.29) is 28.6 Å². The van der Waals surface area contributed by atoms with Crippen molar-refractivity contribution in [2.24, 2.45) is 0 Å². The molecule has 1 saturated carbocycles. The average molecular weight is 897 g/mol. The van der Waals surface area contributed by atoms with Crippen molar-refractivity contribution >= 4 is 59.5 Å². The smallest absolute Gasteiger partial charge is 0.347 e. The van der Waals surface area contributed by atoms with Crippen molar-refractivity contribution in [2.75, 3.05) is 33.9 Å². The molecule has 3 heterocycles. The van der Waals surface area contributed by atoms with Gasteiger partial charge in [-0.2, -0.15) is 0 Å². The standard InChI is InChI=1S/C45H58ClN3O8S2Si/c1-44(2,3)60(6,7)57-37(33-17-19-35(50)42-34(33)18-20-40(51)48-42)28-47-27-29-25-32(54-5)26-36(41(29)46)55-22-10-21-49(4)30-13-15-31(16-14-30)56-45(43(52)53,38-11-8-23-58-38)39-12-9-24-59-39/h8-9,11-12,17-20,23-26,30-31,37,47,50H,10,13-16,21-22,27-28H2,1-7H3,(H,48,51)(H,52,53)/t30-,31-,37-/m0/s1. The number of aromatic hydroxyl groups is 1. The highest BCUT2D eigenvalue weighted by molar-refractivity contribution is 7.12. The number of nitrogens with one attached hydrogen (secondary N) is 2. The molecule has 15 heteroatoms. The maximum Gasteiger partial charge on any atom is 0.347 e. The van der Waals surface area contributed by atoms with Crippen LogP contribution in [0.3, 0.4) is 0 Å². The Labute approximate surface area is 366 Å². The van der Waals surface area contributed by atoms with Crippen molar-refractivity contribution in [1.29, 1.82) is 0 Å². The Balaban J connectivity index is 1.05. The molecule has 11 nitrogen and oxygen atoms in total. The van der Waals surface area contributed by atoms with Gasteiger partial charge in [0.15, 0.2) is 8.32 Å². The number of ether oxygens (including phenoxy) is 3. The minimum Gasteiger partial charge on any atom is -0.506 e. The molecule has 0 spiro atoms. The molecule has 0 aliphatic heterocycles. The predicted molar refractivity (Wildman–Crippen MR) is 244 cm³/mol. The number of methoxy groups -OCH3 is 1. The van der Waals surface area contributed by atoms with Crippen LogP contribution < -0.4 is 20.3 Å². The molecular weight excluding hydrogens is 838 g/mol. The number of thiophene rings is 2. The molecule has 3 aromatic heterocycles. The molecule has 0 saturated heterocycles. The zero-order valence-corrected chi connectivity index (χ0v) is 38.9. The van der Waals surface area contributed by atoms with Gasteiger partial charge >= 0.3 is 5.97 Å². The molecule has 324 valence electrons. The van der Waals surface area contributed by atoms with Crippen LogP contribution in [0.4, 0.5) is 0 Å². The van der Waals surface area contributed by atoms with Crippen LogP contribution >= 0.6 is 34.3 Å². The lowest BCUT2D eigenvalue weighted by atomic mass is 9.90. The number of carboxylic acids is 1. The average Bonchev–Trinajstić information content (AvgIpc) is 3.96. The number of aromatic nitrogens is 1. The molecule has 1 fully saturated rings. The molecule has 5 aromatic rings. The lowest BCUT2D eigenvalue weighted by Gasteiger charge is -2.39. The third kappa shape index (κ3) is 10.3. The number of benzene rings is 2. The maximum atomic E-state index is 12.9. The van der Waals surface area contributed by atoms with Gasteiger partial charge in [0.2, 0.25) is 11.2 Å². The van der Waals surface area contributed by atoms with Crippen LogP contribution in [0.5, 0.6) is 17.2 Å². The highest BCUT2D eigenvalue weighted by Gasteiger charge is 2.48. The number of hydrogen-bond donors (Lipinski definition) is 4. The number of pyridine rings is 1. The second-order valence-corrected chi connectivity index (χ2v) is 24.1. The zero-order chi connectivity index (χ0) is 43.2. The van der Waals surface area contributed by atoms with E-state index in [4.69, 9.17) is 30.2 Å². The summed E-state index contributed by atoms with van der Waals surface area (Å²) in [6.45, 7) is 13.1. The minimum absolute atomic E-state index is 0.00592. The number of carbonyl (C=O) groups is 1. The number of halogens is 1. The van der Waals surface area contributed by atoms with Crippen LogP contribution in [0.2, 0.25) is 23.2 Å². The monoisotopic (exact) mass is 895 g/mol. The van der Waals surface area contributed by atoms with E-state index >= 15 is 0 Å². The Morgan fingerprint density at radius 2 is 1.72 bits per heavy atom. The van der Waals surface area contributed by atoms with E-state index in [1.807, 2.05) is 53.2 Å². The van der Waals surface area contributed by atoms with Gasteiger partial charge in [-0.25, -0.2) is 4.79 Å². The summed E-state index contributed by atoms with van der Waals surface area (Å²) in [6.07, 6.45) is 3.63. The maximum absolute atomic E-state index is 12.9. The van der Waals surface area contributed by atoms with Gasteiger partial charge in [0, 0.05) is 43.2 Å². The highest BCUT2D eigenvalue weighted by atomic mass is 35.5. The number of phenols is 1. The fourth-order valence-corrected chi connectivity index (χ4v) is 10.9. The third-order valence-electron chi connectivity index (χ3n) is 12.0. The lowest BCUT2D eigenvalue weighted by Crippen LogP contribution is -2.44. The van der Waals surface area contributed by atoms with Crippen LogP contribution in [-0.2, 0) is 26.1 Å². The van der Waals surface area contributed by atoms with Gasteiger partial charge in [-0.1, -0.05) is 50.6 Å². The number of fused-ring (bicyclic) bond motifs is 1. The van der Waals surface area contributed by atoms with Crippen LogP contribution in [0.15, 0.2) is 76.2 Å². The summed E-state index contributed by atoms with van der Waals surface area (Å²) in [5.74, 6) is 0.210. The van der Waals surface area contributed by atoms with Crippen LogP contribution in [0.25, 0.3) is 10.9 Å². The number of phenolic OH excluding ortho intramolecular Hbond substituents is 1. The van der Waals surface area contributed by atoms with Gasteiger partial charge in [-0.05, 0) is 110 Å². The van der Waals surface area contributed by atoms with Gasteiger partial charge in [0.1, 0.15) is 17.2 Å². The van der Waals surface area contributed by atoms with Gasteiger partial charge in [-0.3, -0.25) is 4.79 Å². The Kier molecular flexibility index (Phi) is 14.9. The van der Waals surface area contributed by atoms with Crippen LogP contribution in [0.1, 0.15) is 79.9 Å². The van der Waals surface area contributed by atoms with E-state index in [0.29, 0.717) is 57.5 Å². The predicted octanol–water partition coefficient (Wildman–Crippen LogP) is 9.93. The highest BCUT2D eigenvalue weighted by Crippen LogP contribution is 2.44. The first-order valence-corrected chi connectivity index (χ1v) is 25.5. The number of nitrogens with zero attached hydrogens (tertiary/aromatic N) is 1. The summed E-state index contributed by atoms with van der Waals surface area (Å²) in [4.78, 5) is 31.5. The number of carboxylic acid groups (broad SMARTS) is 1. The number of H-pyrrole nitrogens is 1. The van der Waals surface area contributed by atoms with E-state index in [1.54, 1.807) is 19.2 Å². The van der Waals surface area contributed by atoms with Gasteiger partial charge < -0.3 is 44.1 Å². The van der Waals surface area contributed by atoms with E-state index in [0.717, 1.165) is 55.2 Å². The van der Waals surface area contributed by atoms with E-state index in [9.17, 15) is 19.8 Å². The normalized spacial score (nSPS) is 16.9. The second-order valence-electron chi connectivity index (χ2n) is 17.1. The first-order valence-electron chi connectivity index (χ1n) is 20.5. The molecule has 1 atom stereocenters. The molecule has 6 rings (SSSR count). The summed E-state index contributed by atoms with van der Waals surface area (Å²) < 4.78 is 25.5. The number of hydrogen-bond acceptors (Lipinski definition) is 11. The molecular formula is C45H58ClN3O8S2Si. The van der Waals surface area contributed by atoms with E-state index < -0.39 is 19.9 Å². The first-order chi connectivity index (χ1) is 28.5. The number of aliphatic carboxylic acids is 1. The molecule has 4 N–H and O–H groups in total. The second kappa shape index (κ2) is 19.5. The summed E-state index contributed by atoms with van der Waals surface area (Å²) >= 11 is 9.82. The Morgan fingerprint density at radius 1 is 1.03 bits per heavy atom. The van der Waals surface area contributed by atoms with E-state index in [2.05, 4.69) is 56.1 Å². The van der Waals surface area contributed by atoms with Crippen molar-refractivity contribution in [2.45, 2.75) is 101 Å². The Hall–Kier alpha value is -3.73. The fourth-order valence-electron chi connectivity index (χ4n) is 7.59. The lowest BCUT2D eigenvalue weighted by molar-refractivity contribution is -0.170. The van der Waals surface area contributed by atoms with Crippen molar-refractivity contribution < 1.29 is 33.6 Å². The SMILES string of the molecule is COc1cc(CNC[C@H](O[Si](C)(C)C(C)(C)C)c2ccc(O)c3[nH]c(=O)ccc23)c(Cl)c(OCCCN(C)[C@H]2CC[C@H](OC(C(=O)O)(c3cccs3)c3cccs3)CC2)c1. The quantitative estimate of drug-likeness (QED) is 0.0468. The van der Waals surface area contributed by atoms with Crippen LogP contribution in [0, 0.1) is 0 Å². The van der Waals surface area contributed by atoms with Gasteiger partial charge in [0.25, 0.3) is 0 Å². The van der Waals surface area contributed by atoms with Crippen molar-refractivity contribution in [3.8, 4) is 17.2 Å². The third-order valence-corrected chi connectivity index (χ3v) is 18.9. The summed E-state index contributed by atoms with van der Waals surface area (Å²) in [6, 6.07) is 18.2. The Bertz CT molecular complexity index is 2220. The van der Waals surface area contributed by atoms with Gasteiger partial charge in [0.05, 0.1) is 46.2 Å². The van der Waals surface area contributed by atoms with Crippen LogP contribution in [-0.4, -0.2) is 80.4 Å². The molecule has 60 heavy (non-hydrogen) atoms. The van der Waals surface area contributed by atoms with Gasteiger partial charge in [-0.15, -0.1) is 22.7 Å². The molecule has 0 radical (unpaired) electrons. The molecule has 1 aliphatic carbocycles. The molecule has 0 bridgehead atoms. The Morgan fingerprint density at radius 3 is 2.32 bits per heavy atom. The number of aromatic amines is 1. The van der Waals surface area contributed by atoms with Crippen molar-refractivity contribution in [1.82, 2.24) is 15.2 Å². The molecule has 0 unspecified atom stereocenters. The first kappa shape index (κ1) is 45.8. The zero-order valence-electron chi connectivity index (χ0n) is 35.5. The van der Waals surface area contributed by atoms with Crippen molar-refractivity contribution in [3.63, 3.8) is 0 Å². The fraction of sp³-hybridized carbons (Fsp3) is 0.467. The molecule has 2 aromatic carbocycles. The topological polar surface area (TPSA) is 143 Å². The van der Waals surface area contributed by atoms with E-state index in [1.165, 1.54) is 28.7 Å². The van der Waals surface area contributed by atoms with Crippen molar-refractivity contribution in [3.05, 3.63) is 108 Å². The summed E-state index contributed by atoms with van der Waals surface area (Å²) in [5.41, 5.74) is 0.288. The largest absolute Gasteiger partial charge is 0.506 e. The minimum atomic E-state index is -2.27. The summed E-state index contributed by atoms with van der Waals surface area (Å²) in [7, 11) is 1.49. The molecule has 0 amide bonds. The number of rotatable bonds is 19.